The number of nitrogens with one attached hydrogen (secondary N) is 1. The molecule has 1 heterocycles. The second-order valence-corrected chi connectivity index (χ2v) is 6.06. The van der Waals surface area contributed by atoms with Crippen LogP contribution in [0.4, 0.5) is 0 Å². The first kappa shape index (κ1) is 10.4. The summed E-state index contributed by atoms with van der Waals surface area (Å²) >= 11 is 2.12. The Kier molecular flexibility index (Phi) is 3.91. The van der Waals surface area contributed by atoms with E-state index < -0.39 is 0 Å². The number of rotatable bonds is 4. The first-order chi connectivity index (χ1) is 5.58. The van der Waals surface area contributed by atoms with Crippen molar-refractivity contribution in [3.63, 3.8) is 0 Å². The van der Waals surface area contributed by atoms with Crippen LogP contribution in [0.3, 0.4) is 0 Å². The van der Waals surface area contributed by atoms with Crippen LogP contribution in [0.2, 0.25) is 0 Å². The van der Waals surface area contributed by atoms with Gasteiger partial charge in [-0.25, -0.2) is 0 Å². The van der Waals surface area contributed by atoms with Crippen LogP contribution < -0.4 is 5.32 Å². The third-order valence-corrected chi connectivity index (χ3v) is 3.42. The zero-order chi connectivity index (χ0) is 9.03. The lowest BCUT2D eigenvalue weighted by atomic mass is 9.94. The van der Waals surface area contributed by atoms with Crippen molar-refractivity contribution in [3.05, 3.63) is 0 Å². The van der Waals surface area contributed by atoms with Crippen molar-refractivity contribution < 1.29 is 0 Å². The van der Waals surface area contributed by atoms with E-state index >= 15 is 0 Å². The summed E-state index contributed by atoms with van der Waals surface area (Å²) in [5.74, 6) is 3.67. The lowest BCUT2D eigenvalue weighted by molar-refractivity contribution is 0.383. The zero-order valence-electron chi connectivity index (χ0n) is 8.52. The summed E-state index contributed by atoms with van der Waals surface area (Å²) in [6, 6.07) is 0. The number of hydrogen-bond donors (Lipinski definition) is 1. The summed E-state index contributed by atoms with van der Waals surface area (Å²) in [7, 11) is 0. The van der Waals surface area contributed by atoms with Gasteiger partial charge in [0, 0.05) is 0 Å². The van der Waals surface area contributed by atoms with Gasteiger partial charge in [-0.05, 0) is 42.3 Å². The lowest BCUT2D eigenvalue weighted by Crippen LogP contribution is -2.43. The van der Waals surface area contributed by atoms with Gasteiger partial charge >= 0.3 is 0 Å². The second-order valence-electron chi connectivity index (χ2n) is 4.91. The molecule has 0 aromatic heterocycles. The normalized spacial score (nSPS) is 19.2. The van der Waals surface area contributed by atoms with Gasteiger partial charge in [-0.1, -0.05) is 20.8 Å². The van der Waals surface area contributed by atoms with Gasteiger partial charge in [-0.3, -0.25) is 0 Å². The van der Waals surface area contributed by atoms with E-state index in [1.54, 1.807) is 0 Å². The second kappa shape index (κ2) is 4.52. The highest BCUT2D eigenvalue weighted by molar-refractivity contribution is 7.99. The van der Waals surface area contributed by atoms with Crippen LogP contribution in [0.5, 0.6) is 0 Å². The smallest absolute Gasteiger partial charge is 0.0000326 e. The third kappa shape index (κ3) is 4.36. The third-order valence-electron chi connectivity index (χ3n) is 2.22. The van der Waals surface area contributed by atoms with Crippen molar-refractivity contribution in [2.24, 2.45) is 11.3 Å². The van der Waals surface area contributed by atoms with Crippen LogP contribution in [-0.4, -0.2) is 24.6 Å². The average Bonchev–Trinajstić information content (AvgIpc) is 1.80. The molecular weight excluding hydrogens is 166 g/mol. The molecule has 0 aromatic carbocycles. The fourth-order valence-corrected chi connectivity index (χ4v) is 2.59. The Labute approximate surface area is 80.7 Å². The molecule has 0 spiro atoms. The van der Waals surface area contributed by atoms with Crippen molar-refractivity contribution >= 4 is 11.8 Å². The Morgan fingerprint density at radius 2 is 2.00 bits per heavy atom. The fraction of sp³-hybridized carbons (Fsp3) is 1.00. The van der Waals surface area contributed by atoms with Gasteiger partial charge in [-0.15, -0.1) is 0 Å². The minimum atomic E-state index is 0.519. The van der Waals surface area contributed by atoms with E-state index in [-0.39, 0.29) is 0 Å². The van der Waals surface area contributed by atoms with Crippen LogP contribution in [-0.2, 0) is 0 Å². The summed E-state index contributed by atoms with van der Waals surface area (Å²) in [6.45, 7) is 9.46. The molecule has 0 radical (unpaired) electrons. The maximum atomic E-state index is 3.31. The lowest BCUT2D eigenvalue weighted by Gasteiger charge is -2.27. The highest BCUT2D eigenvalue weighted by Crippen LogP contribution is 2.22. The van der Waals surface area contributed by atoms with Crippen LogP contribution in [0.15, 0.2) is 0 Å². The van der Waals surface area contributed by atoms with E-state index in [0.29, 0.717) is 5.41 Å². The monoisotopic (exact) mass is 187 g/mol. The van der Waals surface area contributed by atoms with Crippen molar-refractivity contribution in [3.8, 4) is 0 Å². The summed E-state index contributed by atoms with van der Waals surface area (Å²) in [5.41, 5.74) is 0.519. The number of hydrogen-bond acceptors (Lipinski definition) is 2. The van der Waals surface area contributed by atoms with Crippen molar-refractivity contribution in [1.29, 1.82) is 0 Å². The first-order valence-corrected chi connectivity index (χ1v) is 6.02. The summed E-state index contributed by atoms with van der Waals surface area (Å²) in [6.07, 6.45) is 1.35. The predicted molar refractivity (Wildman–Crippen MR) is 57.8 cm³/mol. The topological polar surface area (TPSA) is 12.0 Å². The van der Waals surface area contributed by atoms with E-state index in [0.717, 1.165) is 5.92 Å². The molecule has 1 rings (SSSR count). The van der Waals surface area contributed by atoms with Gasteiger partial charge in [0.2, 0.25) is 0 Å². The van der Waals surface area contributed by atoms with Crippen LogP contribution in [0, 0.1) is 11.3 Å². The van der Waals surface area contributed by atoms with Crippen molar-refractivity contribution in [2.45, 2.75) is 27.2 Å². The van der Waals surface area contributed by atoms with Crippen LogP contribution >= 0.6 is 11.8 Å². The zero-order valence-corrected chi connectivity index (χ0v) is 9.34. The maximum absolute atomic E-state index is 3.31. The summed E-state index contributed by atoms with van der Waals surface area (Å²) in [4.78, 5) is 0. The van der Waals surface area contributed by atoms with Crippen LogP contribution in [0.25, 0.3) is 0 Å². The molecule has 0 unspecified atom stereocenters. The van der Waals surface area contributed by atoms with Crippen molar-refractivity contribution in [1.82, 2.24) is 5.32 Å². The summed E-state index contributed by atoms with van der Waals surface area (Å²) < 4.78 is 0. The first-order valence-electron chi connectivity index (χ1n) is 4.86. The minimum Gasteiger partial charge on any atom is -0.316 e. The van der Waals surface area contributed by atoms with E-state index in [4.69, 9.17) is 0 Å². The Balaban J connectivity index is 1.88. The van der Waals surface area contributed by atoms with Crippen LogP contribution in [0.1, 0.15) is 27.2 Å². The molecule has 0 bridgehead atoms. The molecule has 1 saturated heterocycles. The van der Waals surface area contributed by atoms with Gasteiger partial charge in [0.15, 0.2) is 0 Å². The van der Waals surface area contributed by atoms with E-state index in [2.05, 4.69) is 37.8 Å². The molecule has 1 aliphatic heterocycles. The number of thioether (sulfide) groups is 1. The Hall–Kier alpha value is 0.310. The van der Waals surface area contributed by atoms with Gasteiger partial charge in [0.25, 0.3) is 0 Å². The van der Waals surface area contributed by atoms with Gasteiger partial charge in [-0.2, -0.15) is 11.8 Å². The molecule has 0 atom stereocenters. The Morgan fingerprint density at radius 1 is 1.33 bits per heavy atom. The largest absolute Gasteiger partial charge is 0.316 e. The van der Waals surface area contributed by atoms with Gasteiger partial charge in [0.1, 0.15) is 0 Å². The van der Waals surface area contributed by atoms with Gasteiger partial charge < -0.3 is 5.32 Å². The molecule has 1 N–H and O–H groups in total. The van der Waals surface area contributed by atoms with E-state index in [9.17, 15) is 0 Å². The molecule has 1 fully saturated rings. The quantitative estimate of drug-likeness (QED) is 0.678. The molecule has 0 amide bonds. The molecule has 72 valence electrons. The standard InChI is InChI=1S/C10H21NS/c1-10(2,3)4-5-12-8-9-6-11-7-9/h9,11H,4-8H2,1-3H3. The Bertz CT molecular complexity index is 124. The fourth-order valence-electron chi connectivity index (χ4n) is 1.09. The molecule has 0 aliphatic carbocycles. The summed E-state index contributed by atoms with van der Waals surface area (Å²) in [5, 5.41) is 3.31. The van der Waals surface area contributed by atoms with Crippen molar-refractivity contribution in [2.75, 3.05) is 24.6 Å². The molecule has 1 aliphatic rings. The average molecular weight is 187 g/mol. The SMILES string of the molecule is CC(C)(C)CCSCC1CNC1. The molecule has 12 heavy (non-hydrogen) atoms. The Morgan fingerprint density at radius 3 is 2.42 bits per heavy atom. The van der Waals surface area contributed by atoms with Gasteiger partial charge in [0.05, 0.1) is 0 Å². The minimum absolute atomic E-state index is 0.519. The molecule has 0 aromatic rings. The molecule has 1 nitrogen and oxygen atoms in total. The van der Waals surface area contributed by atoms with E-state index in [1.807, 2.05) is 0 Å². The predicted octanol–water partition coefficient (Wildman–Crippen LogP) is 2.38. The highest BCUT2D eigenvalue weighted by Gasteiger charge is 2.16. The highest BCUT2D eigenvalue weighted by atomic mass is 32.2. The van der Waals surface area contributed by atoms with E-state index in [1.165, 1.54) is 31.0 Å². The molecule has 0 saturated carbocycles. The molecule has 2 heteroatoms. The molecular formula is C10H21NS. The maximum Gasteiger partial charge on any atom is -0.0000326 e.